The van der Waals surface area contributed by atoms with Gasteiger partial charge >= 0.3 is 0 Å². The topological polar surface area (TPSA) is 38.5 Å². The van der Waals surface area contributed by atoms with E-state index in [1.807, 2.05) is 0 Å². The maximum absolute atomic E-state index is 6.13. The van der Waals surface area contributed by atoms with Crippen molar-refractivity contribution in [2.24, 2.45) is 5.73 Å². The molecule has 0 aromatic heterocycles. The lowest BCUT2D eigenvalue weighted by molar-refractivity contribution is 0.402. The Labute approximate surface area is 110 Å². The minimum absolute atomic E-state index is 0.211. The highest BCUT2D eigenvalue weighted by Gasteiger charge is 2.18. The molecule has 0 spiro atoms. The van der Waals surface area contributed by atoms with E-state index in [0.717, 1.165) is 25.3 Å². The maximum atomic E-state index is 6.13. The molecule has 1 saturated heterocycles. The molecule has 3 nitrogen and oxygen atoms in total. The Hall–Kier alpha value is -1.22. The van der Waals surface area contributed by atoms with Crippen molar-refractivity contribution in [3.8, 4) is 5.75 Å². The molecule has 3 heteroatoms. The predicted octanol–water partition coefficient (Wildman–Crippen LogP) is 2.58. The summed E-state index contributed by atoms with van der Waals surface area (Å²) in [5, 5.41) is 0. The molecular weight excluding hydrogens is 224 g/mol. The quantitative estimate of drug-likeness (QED) is 0.890. The number of hydrogen-bond donors (Lipinski definition) is 1. The first-order valence-corrected chi connectivity index (χ1v) is 6.70. The van der Waals surface area contributed by atoms with Gasteiger partial charge in [-0.3, -0.25) is 0 Å². The van der Waals surface area contributed by atoms with Crippen LogP contribution in [0.2, 0.25) is 0 Å². The van der Waals surface area contributed by atoms with Crippen LogP contribution in [0.4, 0.5) is 5.69 Å². The van der Waals surface area contributed by atoms with Crippen LogP contribution in [0.15, 0.2) is 18.2 Å². The van der Waals surface area contributed by atoms with Crippen LogP contribution in [0.25, 0.3) is 0 Å². The lowest BCUT2D eigenvalue weighted by Gasteiger charge is -2.23. The van der Waals surface area contributed by atoms with E-state index in [1.165, 1.54) is 24.1 Å². The van der Waals surface area contributed by atoms with Gasteiger partial charge in [0.15, 0.2) is 0 Å². The molecule has 1 fully saturated rings. The Morgan fingerprint density at radius 1 is 1.28 bits per heavy atom. The fraction of sp³-hybridized carbons (Fsp3) is 0.600. The van der Waals surface area contributed by atoms with Crippen LogP contribution >= 0.6 is 0 Å². The van der Waals surface area contributed by atoms with Crippen molar-refractivity contribution < 1.29 is 4.74 Å². The van der Waals surface area contributed by atoms with Gasteiger partial charge in [0, 0.05) is 24.3 Å². The molecule has 2 rings (SSSR count). The minimum Gasteiger partial charge on any atom is -0.496 e. The van der Waals surface area contributed by atoms with Crippen LogP contribution in [0.3, 0.4) is 0 Å². The number of ether oxygens (including phenoxy) is 1. The molecule has 1 aliphatic rings. The lowest BCUT2D eigenvalue weighted by atomic mass is 9.95. The second-order valence-electron chi connectivity index (χ2n) is 5.86. The Morgan fingerprint density at radius 3 is 2.50 bits per heavy atom. The van der Waals surface area contributed by atoms with E-state index in [0.29, 0.717) is 0 Å². The Balaban J connectivity index is 2.26. The molecule has 0 unspecified atom stereocenters. The second-order valence-corrected chi connectivity index (χ2v) is 5.86. The number of anilines is 1. The summed E-state index contributed by atoms with van der Waals surface area (Å²) in [6, 6.07) is 6.45. The molecule has 0 atom stereocenters. The van der Waals surface area contributed by atoms with E-state index >= 15 is 0 Å². The van der Waals surface area contributed by atoms with Gasteiger partial charge in [-0.25, -0.2) is 0 Å². The fourth-order valence-electron chi connectivity index (χ4n) is 2.57. The van der Waals surface area contributed by atoms with E-state index in [-0.39, 0.29) is 5.54 Å². The average molecular weight is 248 g/mol. The van der Waals surface area contributed by atoms with Gasteiger partial charge in [-0.2, -0.15) is 0 Å². The minimum atomic E-state index is -0.211. The normalized spacial score (nSPS) is 16.1. The van der Waals surface area contributed by atoms with Crippen molar-refractivity contribution in [3.63, 3.8) is 0 Å². The van der Waals surface area contributed by atoms with Crippen molar-refractivity contribution in [1.82, 2.24) is 0 Å². The van der Waals surface area contributed by atoms with Gasteiger partial charge in [0.1, 0.15) is 5.75 Å². The van der Waals surface area contributed by atoms with Gasteiger partial charge in [0.2, 0.25) is 0 Å². The van der Waals surface area contributed by atoms with Crippen LogP contribution in [0.5, 0.6) is 5.75 Å². The fourth-order valence-corrected chi connectivity index (χ4v) is 2.57. The van der Waals surface area contributed by atoms with Crippen LogP contribution < -0.4 is 15.4 Å². The highest BCUT2D eigenvalue weighted by molar-refractivity contribution is 5.54. The van der Waals surface area contributed by atoms with Gasteiger partial charge < -0.3 is 15.4 Å². The largest absolute Gasteiger partial charge is 0.496 e. The van der Waals surface area contributed by atoms with Crippen molar-refractivity contribution in [3.05, 3.63) is 23.8 Å². The zero-order valence-electron chi connectivity index (χ0n) is 11.7. The van der Waals surface area contributed by atoms with Crippen LogP contribution in [-0.2, 0) is 6.42 Å². The number of methoxy groups -OCH3 is 1. The SMILES string of the molecule is COc1ccc(N2CCCC2)cc1CC(C)(C)N. The molecule has 1 heterocycles. The van der Waals surface area contributed by atoms with Crippen molar-refractivity contribution in [2.45, 2.75) is 38.6 Å². The van der Waals surface area contributed by atoms with Gasteiger partial charge in [-0.15, -0.1) is 0 Å². The third-order valence-electron chi connectivity index (χ3n) is 3.38. The molecule has 18 heavy (non-hydrogen) atoms. The molecule has 2 N–H and O–H groups in total. The van der Waals surface area contributed by atoms with Gasteiger partial charge in [-0.1, -0.05) is 0 Å². The van der Waals surface area contributed by atoms with E-state index in [2.05, 4.69) is 36.9 Å². The molecule has 0 aliphatic carbocycles. The maximum Gasteiger partial charge on any atom is 0.122 e. The smallest absolute Gasteiger partial charge is 0.122 e. The van der Waals surface area contributed by atoms with E-state index < -0.39 is 0 Å². The Kier molecular flexibility index (Phi) is 3.81. The molecule has 0 radical (unpaired) electrons. The van der Waals surface area contributed by atoms with Crippen LogP contribution in [0, 0.1) is 0 Å². The molecule has 1 aliphatic heterocycles. The summed E-state index contributed by atoms with van der Waals surface area (Å²) < 4.78 is 5.43. The zero-order chi connectivity index (χ0) is 13.2. The summed E-state index contributed by atoms with van der Waals surface area (Å²) >= 11 is 0. The standard InChI is InChI=1S/C15H24N2O/c1-15(2,16)11-12-10-13(6-7-14(12)18-3)17-8-4-5-9-17/h6-7,10H,4-5,8-9,11,16H2,1-3H3. The van der Waals surface area contributed by atoms with Gasteiger partial charge in [-0.05, 0) is 56.9 Å². The molecule has 100 valence electrons. The first-order chi connectivity index (χ1) is 8.49. The third kappa shape index (κ3) is 3.16. The highest BCUT2D eigenvalue weighted by atomic mass is 16.5. The van der Waals surface area contributed by atoms with Crippen molar-refractivity contribution >= 4 is 5.69 Å². The number of hydrogen-bond acceptors (Lipinski definition) is 3. The second kappa shape index (κ2) is 5.19. The Bertz CT molecular complexity index is 403. The third-order valence-corrected chi connectivity index (χ3v) is 3.38. The molecule has 0 saturated carbocycles. The summed E-state index contributed by atoms with van der Waals surface area (Å²) in [5.74, 6) is 0.941. The molecule has 1 aromatic rings. The molecule has 1 aromatic carbocycles. The zero-order valence-corrected chi connectivity index (χ0v) is 11.7. The average Bonchev–Trinajstić information content (AvgIpc) is 2.80. The van der Waals surface area contributed by atoms with Gasteiger partial charge in [0.25, 0.3) is 0 Å². The summed E-state index contributed by atoms with van der Waals surface area (Å²) in [5.41, 5.74) is 8.42. The summed E-state index contributed by atoms with van der Waals surface area (Å²) in [7, 11) is 1.72. The summed E-state index contributed by atoms with van der Waals surface area (Å²) in [6.45, 7) is 6.43. The van der Waals surface area contributed by atoms with E-state index in [1.54, 1.807) is 7.11 Å². The van der Waals surface area contributed by atoms with Crippen molar-refractivity contribution in [1.29, 1.82) is 0 Å². The monoisotopic (exact) mass is 248 g/mol. The van der Waals surface area contributed by atoms with E-state index in [9.17, 15) is 0 Å². The first-order valence-electron chi connectivity index (χ1n) is 6.70. The molecule has 0 amide bonds. The van der Waals surface area contributed by atoms with E-state index in [4.69, 9.17) is 10.5 Å². The molecule has 0 bridgehead atoms. The van der Waals surface area contributed by atoms with Crippen LogP contribution in [-0.4, -0.2) is 25.7 Å². The molecular formula is C15H24N2O. The summed E-state index contributed by atoms with van der Waals surface area (Å²) in [4.78, 5) is 2.44. The Morgan fingerprint density at radius 2 is 1.94 bits per heavy atom. The lowest BCUT2D eigenvalue weighted by Crippen LogP contribution is -2.34. The number of rotatable bonds is 4. The highest BCUT2D eigenvalue weighted by Crippen LogP contribution is 2.29. The van der Waals surface area contributed by atoms with Crippen LogP contribution in [0.1, 0.15) is 32.3 Å². The number of nitrogens with two attached hydrogens (primary N) is 1. The predicted molar refractivity (Wildman–Crippen MR) is 76.4 cm³/mol. The summed E-state index contributed by atoms with van der Waals surface area (Å²) in [6.07, 6.45) is 3.42. The van der Waals surface area contributed by atoms with Gasteiger partial charge in [0.05, 0.1) is 7.11 Å². The number of benzene rings is 1. The first kappa shape index (κ1) is 13.2. The van der Waals surface area contributed by atoms with Crippen molar-refractivity contribution in [2.75, 3.05) is 25.1 Å². The number of nitrogens with zero attached hydrogens (tertiary/aromatic N) is 1.